The topological polar surface area (TPSA) is 57.5 Å². The Hall–Kier alpha value is -0.930. The second-order valence-electron chi connectivity index (χ2n) is 2.44. The first kappa shape index (κ1) is 8.17. The number of aliphatic hydroxyl groups excluding tert-OH is 2. The fourth-order valence-electron chi connectivity index (χ4n) is 1.01. The number of ketones is 1. The molecule has 1 rings (SSSR count). The van der Waals surface area contributed by atoms with E-state index in [1.165, 1.54) is 6.08 Å². The van der Waals surface area contributed by atoms with E-state index in [0.717, 1.165) is 0 Å². The molecule has 0 radical (unpaired) electrons. The van der Waals surface area contributed by atoms with Crippen LogP contribution in [0.4, 0.5) is 0 Å². The van der Waals surface area contributed by atoms with Gasteiger partial charge in [0.05, 0.1) is 0 Å². The number of carbonyl (C=O) groups is 1. The molecule has 0 aliphatic heterocycles. The van der Waals surface area contributed by atoms with E-state index in [2.05, 4.69) is 0 Å². The maximum absolute atomic E-state index is 10.7. The predicted octanol–water partition coefficient (Wildman–Crippen LogP) is -0.207. The Morgan fingerprint density at radius 3 is 2.45 bits per heavy atom. The fourth-order valence-corrected chi connectivity index (χ4v) is 1.01. The van der Waals surface area contributed by atoms with Crippen molar-refractivity contribution in [3.63, 3.8) is 0 Å². The van der Waals surface area contributed by atoms with E-state index in [-0.39, 0.29) is 0 Å². The molecule has 2 atom stereocenters. The number of hydrogen-bond donors (Lipinski definition) is 2. The molecule has 3 nitrogen and oxygen atoms in total. The van der Waals surface area contributed by atoms with Gasteiger partial charge in [0.2, 0.25) is 0 Å². The Morgan fingerprint density at radius 1 is 1.45 bits per heavy atom. The van der Waals surface area contributed by atoms with Crippen LogP contribution in [0.2, 0.25) is 0 Å². The number of rotatable bonds is 1. The molecular formula is C8H10O3. The second-order valence-corrected chi connectivity index (χ2v) is 2.44. The van der Waals surface area contributed by atoms with Crippen LogP contribution in [-0.4, -0.2) is 28.2 Å². The highest BCUT2D eigenvalue weighted by Gasteiger charge is 2.31. The van der Waals surface area contributed by atoms with Gasteiger partial charge >= 0.3 is 0 Å². The van der Waals surface area contributed by atoms with Gasteiger partial charge in [-0.25, -0.2) is 0 Å². The van der Waals surface area contributed by atoms with Gasteiger partial charge in [0.15, 0.2) is 5.78 Å². The highest BCUT2D eigenvalue weighted by atomic mass is 16.3. The molecule has 0 fully saturated rings. The third-order valence-corrected chi connectivity index (χ3v) is 1.60. The third kappa shape index (κ3) is 1.39. The average molecular weight is 154 g/mol. The molecule has 1 aliphatic rings. The van der Waals surface area contributed by atoms with Crippen LogP contribution in [0.1, 0.15) is 6.92 Å². The summed E-state index contributed by atoms with van der Waals surface area (Å²) in [6.07, 6.45) is 2.27. The summed E-state index contributed by atoms with van der Waals surface area (Å²) in [6, 6.07) is 0. The summed E-state index contributed by atoms with van der Waals surface area (Å²) in [7, 11) is 0. The van der Waals surface area contributed by atoms with Gasteiger partial charge in [-0.05, 0) is 18.6 Å². The minimum atomic E-state index is -1.26. The van der Waals surface area contributed by atoms with E-state index in [0.29, 0.717) is 5.57 Å². The van der Waals surface area contributed by atoms with Crippen molar-refractivity contribution in [3.8, 4) is 0 Å². The molecule has 0 saturated carbocycles. The lowest BCUT2D eigenvalue weighted by Crippen LogP contribution is -2.27. The van der Waals surface area contributed by atoms with Crippen molar-refractivity contribution in [1.29, 1.82) is 0 Å². The zero-order chi connectivity index (χ0) is 8.43. The highest BCUT2D eigenvalue weighted by Crippen LogP contribution is 2.17. The molecule has 0 aromatic rings. The Balaban J connectivity index is 2.83. The molecule has 0 spiro atoms. The number of aliphatic hydroxyl groups is 2. The van der Waals surface area contributed by atoms with Crippen molar-refractivity contribution in [3.05, 3.63) is 23.8 Å². The Bertz CT molecular complexity index is 227. The molecule has 2 N–H and O–H groups in total. The molecule has 0 unspecified atom stereocenters. The molecule has 0 amide bonds. The molecular weight excluding hydrogens is 144 g/mol. The maximum Gasteiger partial charge on any atom is 0.187 e. The van der Waals surface area contributed by atoms with Crippen LogP contribution in [0.15, 0.2) is 23.8 Å². The smallest absolute Gasteiger partial charge is 0.187 e. The van der Waals surface area contributed by atoms with E-state index in [9.17, 15) is 4.79 Å². The first-order chi connectivity index (χ1) is 5.16. The molecule has 0 bridgehead atoms. The predicted molar refractivity (Wildman–Crippen MR) is 39.9 cm³/mol. The Kier molecular flexibility index (Phi) is 2.22. The summed E-state index contributed by atoms with van der Waals surface area (Å²) < 4.78 is 0. The second kappa shape index (κ2) is 2.98. The van der Waals surface area contributed by atoms with E-state index < -0.39 is 18.0 Å². The van der Waals surface area contributed by atoms with E-state index >= 15 is 0 Å². The molecule has 0 heterocycles. The minimum absolute atomic E-state index is 0.425. The van der Waals surface area contributed by atoms with Gasteiger partial charge in [-0.15, -0.1) is 0 Å². The molecule has 0 aromatic carbocycles. The van der Waals surface area contributed by atoms with Crippen LogP contribution >= 0.6 is 0 Å². The number of carbonyl (C=O) groups excluding carboxylic acids is 1. The van der Waals surface area contributed by atoms with Crippen molar-refractivity contribution >= 4 is 5.78 Å². The molecule has 0 aromatic heterocycles. The summed E-state index contributed by atoms with van der Waals surface area (Å²) in [5, 5.41) is 18.1. The van der Waals surface area contributed by atoms with Crippen LogP contribution < -0.4 is 0 Å². The van der Waals surface area contributed by atoms with Gasteiger partial charge in [0, 0.05) is 0 Å². The van der Waals surface area contributed by atoms with E-state index in [1.54, 1.807) is 19.1 Å². The molecule has 3 heteroatoms. The van der Waals surface area contributed by atoms with Crippen molar-refractivity contribution in [1.82, 2.24) is 0 Å². The molecule has 60 valence electrons. The lowest BCUT2D eigenvalue weighted by molar-refractivity contribution is -0.124. The molecule has 1 aliphatic carbocycles. The first-order valence-corrected chi connectivity index (χ1v) is 3.41. The van der Waals surface area contributed by atoms with Crippen LogP contribution in [-0.2, 0) is 4.79 Å². The van der Waals surface area contributed by atoms with Crippen molar-refractivity contribution in [2.75, 3.05) is 0 Å². The van der Waals surface area contributed by atoms with E-state index in [4.69, 9.17) is 10.2 Å². The van der Waals surface area contributed by atoms with Crippen molar-refractivity contribution < 1.29 is 15.0 Å². The normalized spacial score (nSPS) is 31.5. The Labute approximate surface area is 64.7 Å². The van der Waals surface area contributed by atoms with Gasteiger partial charge < -0.3 is 10.2 Å². The lowest BCUT2D eigenvalue weighted by atomic mass is 10.1. The zero-order valence-electron chi connectivity index (χ0n) is 6.19. The van der Waals surface area contributed by atoms with Gasteiger partial charge in [0.25, 0.3) is 0 Å². The number of allylic oxidation sites excluding steroid dienone is 1. The summed E-state index contributed by atoms with van der Waals surface area (Å²) in [5.41, 5.74) is 0.477. The largest absolute Gasteiger partial charge is 0.385 e. The number of hydrogen-bond acceptors (Lipinski definition) is 3. The SMILES string of the molecule is CC=CC1=CC(=O)[C@H](O)[C@@H]1O. The monoisotopic (exact) mass is 154 g/mol. The summed E-state index contributed by atoms with van der Waals surface area (Å²) >= 11 is 0. The molecule has 11 heavy (non-hydrogen) atoms. The lowest BCUT2D eigenvalue weighted by Gasteiger charge is -2.07. The van der Waals surface area contributed by atoms with Gasteiger partial charge in [-0.2, -0.15) is 0 Å². The van der Waals surface area contributed by atoms with Crippen molar-refractivity contribution in [2.45, 2.75) is 19.1 Å². The zero-order valence-corrected chi connectivity index (χ0v) is 6.19. The maximum atomic E-state index is 10.7. The average Bonchev–Trinajstić information content (AvgIpc) is 2.19. The van der Waals surface area contributed by atoms with Gasteiger partial charge in [-0.1, -0.05) is 12.2 Å². The fraction of sp³-hybridized carbons (Fsp3) is 0.375. The highest BCUT2D eigenvalue weighted by molar-refractivity contribution is 5.98. The van der Waals surface area contributed by atoms with Crippen LogP contribution in [0.5, 0.6) is 0 Å². The quantitative estimate of drug-likeness (QED) is 0.549. The molecule has 0 saturated heterocycles. The van der Waals surface area contributed by atoms with Gasteiger partial charge in [0.1, 0.15) is 12.2 Å². The van der Waals surface area contributed by atoms with Crippen LogP contribution in [0, 0.1) is 0 Å². The first-order valence-electron chi connectivity index (χ1n) is 3.41. The summed E-state index contributed by atoms with van der Waals surface area (Å²) in [6.45, 7) is 1.78. The minimum Gasteiger partial charge on any atom is -0.385 e. The Morgan fingerprint density at radius 2 is 2.09 bits per heavy atom. The summed E-state index contributed by atoms with van der Waals surface area (Å²) in [4.78, 5) is 10.7. The summed E-state index contributed by atoms with van der Waals surface area (Å²) in [5.74, 6) is -0.425. The van der Waals surface area contributed by atoms with E-state index in [1.807, 2.05) is 0 Å². The van der Waals surface area contributed by atoms with Crippen molar-refractivity contribution in [2.24, 2.45) is 0 Å². The van der Waals surface area contributed by atoms with Crippen LogP contribution in [0.3, 0.4) is 0 Å². The third-order valence-electron chi connectivity index (χ3n) is 1.60. The standard InChI is InChI=1S/C8H10O3/c1-2-3-5-4-6(9)8(11)7(5)10/h2-4,7-8,10-11H,1H3/t7-,8+/m1/s1. The van der Waals surface area contributed by atoms with Crippen LogP contribution in [0.25, 0.3) is 0 Å². The van der Waals surface area contributed by atoms with Gasteiger partial charge in [-0.3, -0.25) is 4.79 Å².